The lowest BCUT2D eigenvalue weighted by molar-refractivity contribution is 0.0932. The molecule has 7 nitrogen and oxygen atoms in total. The minimum Gasteiger partial charge on any atom is -0.494 e. The number of hydrogen-bond acceptors (Lipinski definition) is 4. The third kappa shape index (κ3) is 3.44. The van der Waals surface area contributed by atoms with Crippen molar-refractivity contribution in [2.75, 3.05) is 13.7 Å². The maximum atomic E-state index is 12.3. The van der Waals surface area contributed by atoms with Gasteiger partial charge in [0.05, 0.1) is 18.9 Å². The summed E-state index contributed by atoms with van der Waals surface area (Å²) in [4.78, 5) is 28.7. The lowest BCUT2D eigenvalue weighted by Gasteiger charge is -2.16. The highest BCUT2D eigenvalue weighted by Crippen LogP contribution is 2.22. The minimum atomic E-state index is -0.969. The first-order valence-corrected chi connectivity index (χ1v) is 7.21. The van der Waals surface area contributed by atoms with Crippen molar-refractivity contribution in [1.82, 2.24) is 15.2 Å². The Bertz CT molecular complexity index is 566. The van der Waals surface area contributed by atoms with Gasteiger partial charge in [0.2, 0.25) is 0 Å². The number of carbonyl (C=O) groups excluding carboxylic acids is 1. The molecule has 2 heterocycles. The Hall–Kier alpha value is -1.83. The monoisotopic (exact) mass is 357 g/mol. The van der Waals surface area contributed by atoms with Crippen LogP contribution in [0, 0.1) is 0 Å². The van der Waals surface area contributed by atoms with Gasteiger partial charge in [-0.1, -0.05) is 0 Å². The van der Waals surface area contributed by atoms with Gasteiger partial charge in [-0.25, -0.2) is 9.78 Å². The number of carboxylic acid groups (broad SMARTS) is 1. The van der Waals surface area contributed by atoms with Gasteiger partial charge in [-0.2, -0.15) is 0 Å². The first kappa shape index (κ1) is 15.6. The third-order valence-electron chi connectivity index (χ3n) is 3.45. The van der Waals surface area contributed by atoms with E-state index in [1.165, 1.54) is 18.2 Å². The first-order chi connectivity index (χ1) is 9.92. The number of nitrogens with zero attached hydrogens (tertiary/aromatic N) is 2. The molecule has 2 atom stereocenters. The van der Waals surface area contributed by atoms with E-state index in [1.54, 1.807) is 6.07 Å². The smallest absolute Gasteiger partial charge is 0.407 e. The standard InChI is InChI=1S/C13H16BrN3O4/c1-7-3-8(6-17(7)13(19)20)16-12(18)9-4-11(14)15-5-10(9)21-2/h4-5,7-8H,3,6H2,1-2H3,(H,16,18)(H,19,20)/t7-,8-/m1/s1. The lowest BCUT2D eigenvalue weighted by Crippen LogP contribution is -2.38. The van der Waals surface area contributed by atoms with Crippen LogP contribution in [0.1, 0.15) is 23.7 Å². The van der Waals surface area contributed by atoms with Crippen molar-refractivity contribution in [2.45, 2.75) is 25.4 Å². The molecular formula is C13H16BrN3O4. The number of carbonyl (C=O) groups is 2. The molecule has 1 aliphatic heterocycles. The number of methoxy groups -OCH3 is 1. The molecule has 0 saturated carbocycles. The van der Waals surface area contributed by atoms with Crippen LogP contribution < -0.4 is 10.1 Å². The Labute approximate surface area is 130 Å². The molecule has 2 rings (SSSR count). The van der Waals surface area contributed by atoms with Crippen LogP contribution in [-0.2, 0) is 0 Å². The second kappa shape index (κ2) is 6.30. The van der Waals surface area contributed by atoms with Crippen molar-refractivity contribution < 1.29 is 19.4 Å². The SMILES string of the molecule is COc1cnc(Br)cc1C(=O)N[C@@H]1C[C@@H](C)N(C(=O)O)C1. The fraction of sp³-hybridized carbons (Fsp3) is 0.462. The fourth-order valence-electron chi connectivity index (χ4n) is 2.42. The predicted molar refractivity (Wildman–Crippen MR) is 78.6 cm³/mol. The maximum Gasteiger partial charge on any atom is 0.407 e. The number of ether oxygens (including phenoxy) is 1. The van der Waals surface area contributed by atoms with E-state index in [1.807, 2.05) is 6.92 Å². The van der Waals surface area contributed by atoms with E-state index in [4.69, 9.17) is 9.84 Å². The van der Waals surface area contributed by atoms with Crippen LogP contribution >= 0.6 is 15.9 Å². The van der Waals surface area contributed by atoms with E-state index in [9.17, 15) is 9.59 Å². The van der Waals surface area contributed by atoms with Gasteiger partial charge in [0.25, 0.3) is 5.91 Å². The zero-order chi connectivity index (χ0) is 15.6. The summed E-state index contributed by atoms with van der Waals surface area (Å²) >= 11 is 3.21. The second-order valence-electron chi connectivity index (χ2n) is 4.90. The van der Waals surface area contributed by atoms with Crippen molar-refractivity contribution in [3.8, 4) is 5.75 Å². The van der Waals surface area contributed by atoms with E-state index in [0.717, 1.165) is 0 Å². The number of hydrogen-bond donors (Lipinski definition) is 2. The highest BCUT2D eigenvalue weighted by atomic mass is 79.9. The average molecular weight is 358 g/mol. The molecule has 2 amide bonds. The van der Waals surface area contributed by atoms with Crippen LogP contribution in [0.3, 0.4) is 0 Å². The molecule has 0 spiro atoms. The molecule has 1 saturated heterocycles. The van der Waals surface area contributed by atoms with Gasteiger partial charge < -0.3 is 20.1 Å². The van der Waals surface area contributed by atoms with E-state index in [0.29, 0.717) is 22.3 Å². The number of likely N-dealkylation sites (tertiary alicyclic amines) is 1. The summed E-state index contributed by atoms with van der Waals surface area (Å²) in [5, 5.41) is 11.9. The Balaban J connectivity index is 2.09. The zero-order valence-corrected chi connectivity index (χ0v) is 13.3. The fourth-order valence-corrected chi connectivity index (χ4v) is 2.75. The Morgan fingerprint density at radius 2 is 2.29 bits per heavy atom. The van der Waals surface area contributed by atoms with Crippen molar-refractivity contribution in [1.29, 1.82) is 0 Å². The van der Waals surface area contributed by atoms with Crippen molar-refractivity contribution in [2.24, 2.45) is 0 Å². The molecular weight excluding hydrogens is 342 g/mol. The molecule has 2 N–H and O–H groups in total. The summed E-state index contributed by atoms with van der Waals surface area (Å²) in [5.74, 6) is 0.0659. The zero-order valence-electron chi connectivity index (χ0n) is 11.7. The largest absolute Gasteiger partial charge is 0.494 e. The van der Waals surface area contributed by atoms with E-state index < -0.39 is 6.09 Å². The van der Waals surface area contributed by atoms with Gasteiger partial charge in [0.15, 0.2) is 0 Å². The minimum absolute atomic E-state index is 0.112. The predicted octanol–water partition coefficient (Wildman–Crippen LogP) is 1.72. The normalized spacial score (nSPS) is 21.2. The topological polar surface area (TPSA) is 91.8 Å². The molecule has 1 aliphatic rings. The quantitative estimate of drug-likeness (QED) is 0.803. The summed E-state index contributed by atoms with van der Waals surface area (Å²) in [6, 6.07) is 1.25. The molecule has 114 valence electrons. The number of halogens is 1. The Kier molecular flexibility index (Phi) is 4.66. The summed E-state index contributed by atoms with van der Waals surface area (Å²) < 4.78 is 5.65. The molecule has 0 unspecified atom stereocenters. The van der Waals surface area contributed by atoms with Gasteiger partial charge in [-0.3, -0.25) is 4.79 Å². The van der Waals surface area contributed by atoms with Gasteiger partial charge in [0.1, 0.15) is 10.4 Å². The van der Waals surface area contributed by atoms with Gasteiger partial charge in [-0.05, 0) is 35.3 Å². The van der Waals surface area contributed by atoms with Crippen LogP contribution in [0.2, 0.25) is 0 Å². The van der Waals surface area contributed by atoms with Crippen molar-refractivity contribution >= 4 is 27.9 Å². The number of rotatable bonds is 3. The average Bonchev–Trinajstić information content (AvgIpc) is 2.79. The van der Waals surface area contributed by atoms with Crippen molar-refractivity contribution in [3.63, 3.8) is 0 Å². The number of amides is 2. The van der Waals surface area contributed by atoms with Crippen LogP contribution in [0.15, 0.2) is 16.9 Å². The number of aromatic nitrogens is 1. The lowest BCUT2D eigenvalue weighted by atomic mass is 10.1. The van der Waals surface area contributed by atoms with Gasteiger partial charge in [0, 0.05) is 18.6 Å². The Morgan fingerprint density at radius 3 is 2.86 bits per heavy atom. The van der Waals surface area contributed by atoms with Gasteiger partial charge in [-0.15, -0.1) is 0 Å². The van der Waals surface area contributed by atoms with Crippen LogP contribution in [-0.4, -0.2) is 52.7 Å². The van der Waals surface area contributed by atoms with Crippen LogP contribution in [0.25, 0.3) is 0 Å². The van der Waals surface area contributed by atoms with Gasteiger partial charge >= 0.3 is 6.09 Å². The first-order valence-electron chi connectivity index (χ1n) is 6.42. The van der Waals surface area contributed by atoms with E-state index >= 15 is 0 Å². The number of nitrogens with one attached hydrogen (secondary N) is 1. The summed E-state index contributed by atoms with van der Waals surface area (Å²) in [7, 11) is 1.46. The Morgan fingerprint density at radius 1 is 1.57 bits per heavy atom. The molecule has 0 aliphatic carbocycles. The summed E-state index contributed by atoms with van der Waals surface area (Å²) in [6.45, 7) is 2.11. The molecule has 0 radical (unpaired) electrons. The third-order valence-corrected chi connectivity index (χ3v) is 3.89. The molecule has 0 aromatic carbocycles. The maximum absolute atomic E-state index is 12.3. The van der Waals surface area contributed by atoms with E-state index in [-0.39, 0.29) is 24.5 Å². The summed E-state index contributed by atoms with van der Waals surface area (Å²) in [6.07, 6.45) is 1.08. The molecule has 1 fully saturated rings. The second-order valence-corrected chi connectivity index (χ2v) is 5.71. The molecule has 1 aromatic rings. The highest BCUT2D eigenvalue weighted by Gasteiger charge is 2.33. The molecule has 1 aromatic heterocycles. The number of pyridine rings is 1. The molecule has 21 heavy (non-hydrogen) atoms. The van der Waals surface area contributed by atoms with Crippen LogP contribution in [0.5, 0.6) is 5.75 Å². The molecule has 0 bridgehead atoms. The molecule has 8 heteroatoms. The van der Waals surface area contributed by atoms with E-state index in [2.05, 4.69) is 26.2 Å². The summed E-state index contributed by atoms with van der Waals surface area (Å²) in [5.41, 5.74) is 0.362. The highest BCUT2D eigenvalue weighted by molar-refractivity contribution is 9.10. The van der Waals surface area contributed by atoms with Crippen LogP contribution in [0.4, 0.5) is 4.79 Å². The van der Waals surface area contributed by atoms with Crippen molar-refractivity contribution in [3.05, 3.63) is 22.4 Å².